The molecule has 2 unspecified atom stereocenters. The lowest BCUT2D eigenvalue weighted by atomic mass is 9.99. The molecule has 0 saturated carbocycles. The maximum absolute atomic E-state index is 13.1. The van der Waals surface area contributed by atoms with Crippen molar-refractivity contribution in [1.29, 1.82) is 0 Å². The van der Waals surface area contributed by atoms with Crippen LogP contribution >= 0.6 is 0 Å². The Kier molecular flexibility index (Phi) is 7.95. The fourth-order valence-corrected chi connectivity index (χ4v) is 4.72. The van der Waals surface area contributed by atoms with Gasteiger partial charge in [0.2, 0.25) is 11.8 Å². The Morgan fingerprint density at radius 1 is 1.03 bits per heavy atom. The summed E-state index contributed by atoms with van der Waals surface area (Å²) in [6, 6.07) is 18.5. The largest absolute Gasteiger partial charge is 0.351 e. The minimum atomic E-state index is -0.888. The van der Waals surface area contributed by atoms with Crippen LogP contribution in [-0.4, -0.2) is 59.4 Å². The van der Waals surface area contributed by atoms with Crippen molar-refractivity contribution >= 4 is 28.6 Å². The summed E-state index contributed by atoms with van der Waals surface area (Å²) in [6.07, 6.45) is 2.42. The van der Waals surface area contributed by atoms with E-state index in [1.165, 1.54) is 12.1 Å². The number of nitrogens with one attached hydrogen (secondary N) is 1. The van der Waals surface area contributed by atoms with Crippen molar-refractivity contribution in [3.8, 4) is 0 Å². The second kappa shape index (κ2) is 11.3. The van der Waals surface area contributed by atoms with Crippen LogP contribution < -0.4 is 11.1 Å². The Bertz CT molecular complexity index is 1250. The summed E-state index contributed by atoms with van der Waals surface area (Å²) < 4.78 is 13.1. The number of nitrogens with two attached hydrogens (primary N) is 1. The van der Waals surface area contributed by atoms with Crippen molar-refractivity contribution < 1.29 is 18.8 Å². The molecule has 2 atom stereocenters. The summed E-state index contributed by atoms with van der Waals surface area (Å²) in [4.78, 5) is 41.0. The number of urea groups is 1. The van der Waals surface area contributed by atoms with Crippen molar-refractivity contribution in [2.45, 2.75) is 31.8 Å². The van der Waals surface area contributed by atoms with E-state index in [-0.39, 0.29) is 17.8 Å². The molecule has 187 valence electrons. The Morgan fingerprint density at radius 3 is 2.42 bits per heavy atom. The van der Waals surface area contributed by atoms with Gasteiger partial charge in [-0.3, -0.25) is 19.8 Å². The highest BCUT2D eigenvalue weighted by Crippen LogP contribution is 2.21. The van der Waals surface area contributed by atoms with Gasteiger partial charge in [0, 0.05) is 25.7 Å². The van der Waals surface area contributed by atoms with Crippen LogP contribution in [0, 0.1) is 12.2 Å². The number of piperazine rings is 1. The number of amides is 4. The van der Waals surface area contributed by atoms with Gasteiger partial charge in [-0.25, -0.2) is 9.18 Å². The third-order valence-electron chi connectivity index (χ3n) is 6.60. The van der Waals surface area contributed by atoms with Crippen LogP contribution in [0.15, 0.2) is 66.7 Å². The molecule has 0 spiro atoms. The molecule has 4 amide bonds. The Morgan fingerprint density at radius 2 is 1.72 bits per heavy atom. The highest BCUT2D eigenvalue weighted by molar-refractivity contribution is 5.96. The minimum absolute atomic E-state index is 0.0980. The SMILES string of the molecule is CC1CN(C(Cc2ccc3ccccc3c2)C(=O)NC(N)=O)CCN1C(=O)[CH]Cc1ccc(F)cc1. The van der Waals surface area contributed by atoms with E-state index in [2.05, 4.69) is 5.32 Å². The van der Waals surface area contributed by atoms with E-state index in [9.17, 15) is 18.8 Å². The van der Waals surface area contributed by atoms with E-state index >= 15 is 0 Å². The smallest absolute Gasteiger partial charge is 0.318 e. The highest BCUT2D eigenvalue weighted by atomic mass is 19.1. The lowest BCUT2D eigenvalue weighted by molar-refractivity contribution is -0.134. The average Bonchev–Trinajstić information content (AvgIpc) is 2.86. The van der Waals surface area contributed by atoms with E-state index in [0.717, 1.165) is 21.9 Å². The second-order valence-corrected chi connectivity index (χ2v) is 9.17. The van der Waals surface area contributed by atoms with Crippen molar-refractivity contribution in [3.63, 3.8) is 0 Å². The van der Waals surface area contributed by atoms with Gasteiger partial charge >= 0.3 is 6.03 Å². The van der Waals surface area contributed by atoms with Crippen LogP contribution in [0.5, 0.6) is 0 Å². The first-order chi connectivity index (χ1) is 17.3. The fraction of sp³-hybridized carbons (Fsp3) is 0.286. The van der Waals surface area contributed by atoms with Crippen LogP contribution in [0.1, 0.15) is 18.1 Å². The zero-order chi connectivity index (χ0) is 25.7. The molecule has 0 aromatic heterocycles. The standard InChI is InChI=1S/C28H30FN4O3/c1-19-18-32(14-15-33(19)26(34)13-9-20-7-11-24(29)12-8-20)25(27(35)31-28(30)36)17-21-6-10-22-4-2-3-5-23(22)16-21/h2-8,10-13,16,19,25H,9,14-15,17-18H2,1H3,(H3,30,31,35,36). The van der Waals surface area contributed by atoms with E-state index < -0.39 is 18.0 Å². The number of halogens is 1. The fourth-order valence-electron chi connectivity index (χ4n) is 4.72. The number of hydrogen-bond donors (Lipinski definition) is 2. The molecule has 1 saturated heterocycles. The maximum Gasteiger partial charge on any atom is 0.318 e. The molecule has 1 radical (unpaired) electrons. The van der Waals surface area contributed by atoms with Crippen molar-refractivity contribution in [1.82, 2.24) is 15.1 Å². The lowest BCUT2D eigenvalue weighted by Crippen LogP contribution is -2.60. The summed E-state index contributed by atoms with van der Waals surface area (Å²) in [5.41, 5.74) is 7.07. The number of carbonyl (C=O) groups is 3. The topological polar surface area (TPSA) is 95.7 Å². The number of fused-ring (bicyclic) bond motifs is 1. The van der Waals surface area contributed by atoms with Crippen molar-refractivity contribution in [2.75, 3.05) is 19.6 Å². The van der Waals surface area contributed by atoms with Crippen molar-refractivity contribution in [2.24, 2.45) is 5.73 Å². The first-order valence-corrected chi connectivity index (χ1v) is 12.0. The molecule has 0 aliphatic carbocycles. The predicted molar refractivity (Wildman–Crippen MR) is 136 cm³/mol. The third kappa shape index (κ3) is 6.26. The molecule has 1 heterocycles. The number of rotatable bonds is 7. The number of nitrogens with zero attached hydrogens (tertiary/aromatic N) is 2. The van der Waals surface area contributed by atoms with Gasteiger partial charge in [0.05, 0.1) is 12.5 Å². The Hall–Kier alpha value is -3.78. The second-order valence-electron chi connectivity index (χ2n) is 9.17. The molecule has 3 aromatic carbocycles. The third-order valence-corrected chi connectivity index (χ3v) is 6.60. The quantitative estimate of drug-likeness (QED) is 0.533. The van der Waals surface area contributed by atoms with E-state index in [1.807, 2.05) is 54.3 Å². The van der Waals surface area contributed by atoms with Gasteiger partial charge < -0.3 is 10.6 Å². The molecule has 1 aliphatic rings. The van der Waals surface area contributed by atoms with Gasteiger partial charge in [0.15, 0.2) is 0 Å². The van der Waals surface area contributed by atoms with Gasteiger partial charge in [0.1, 0.15) is 5.82 Å². The van der Waals surface area contributed by atoms with Crippen LogP contribution in [0.2, 0.25) is 0 Å². The lowest BCUT2D eigenvalue weighted by Gasteiger charge is -2.42. The van der Waals surface area contributed by atoms with Gasteiger partial charge in [-0.05, 0) is 53.8 Å². The normalized spacial score (nSPS) is 17.1. The average molecular weight is 490 g/mol. The molecule has 7 nitrogen and oxygen atoms in total. The molecule has 1 fully saturated rings. The highest BCUT2D eigenvalue weighted by Gasteiger charge is 2.34. The summed E-state index contributed by atoms with van der Waals surface area (Å²) >= 11 is 0. The number of imide groups is 1. The predicted octanol–water partition coefficient (Wildman–Crippen LogP) is 3.06. The van der Waals surface area contributed by atoms with Gasteiger partial charge in [-0.2, -0.15) is 0 Å². The van der Waals surface area contributed by atoms with Crippen LogP contribution in [0.3, 0.4) is 0 Å². The van der Waals surface area contributed by atoms with Crippen LogP contribution in [-0.2, 0) is 22.4 Å². The van der Waals surface area contributed by atoms with E-state index in [4.69, 9.17) is 5.73 Å². The van der Waals surface area contributed by atoms with Crippen LogP contribution in [0.4, 0.5) is 9.18 Å². The molecule has 36 heavy (non-hydrogen) atoms. The molecule has 1 aliphatic heterocycles. The molecular formula is C28H30FN4O3. The van der Waals surface area contributed by atoms with E-state index in [0.29, 0.717) is 32.5 Å². The molecular weight excluding hydrogens is 459 g/mol. The molecule has 0 bridgehead atoms. The zero-order valence-corrected chi connectivity index (χ0v) is 20.2. The molecule has 8 heteroatoms. The summed E-state index contributed by atoms with van der Waals surface area (Å²) in [6.45, 7) is 3.33. The Labute approximate surface area is 210 Å². The molecule has 3 aromatic rings. The first-order valence-electron chi connectivity index (χ1n) is 12.0. The number of hydrogen-bond acceptors (Lipinski definition) is 4. The Balaban J connectivity index is 1.43. The van der Waals surface area contributed by atoms with Crippen molar-refractivity contribution in [3.05, 3.63) is 90.1 Å². The minimum Gasteiger partial charge on any atom is -0.351 e. The van der Waals surface area contributed by atoms with Gasteiger partial charge in [-0.1, -0.05) is 54.6 Å². The van der Waals surface area contributed by atoms with Crippen LogP contribution in [0.25, 0.3) is 10.8 Å². The molecule has 4 rings (SSSR count). The number of benzene rings is 3. The zero-order valence-electron chi connectivity index (χ0n) is 20.2. The maximum atomic E-state index is 13.1. The number of primary amides is 1. The first kappa shape index (κ1) is 25.3. The van der Waals surface area contributed by atoms with Gasteiger partial charge in [-0.15, -0.1) is 0 Å². The summed E-state index contributed by atoms with van der Waals surface area (Å²) in [5, 5.41) is 4.42. The summed E-state index contributed by atoms with van der Waals surface area (Å²) in [5.74, 6) is -0.863. The van der Waals surface area contributed by atoms with Gasteiger partial charge in [0.25, 0.3) is 0 Å². The molecule has 3 N–H and O–H groups in total. The summed E-state index contributed by atoms with van der Waals surface area (Å²) in [7, 11) is 0. The van der Waals surface area contributed by atoms with E-state index in [1.54, 1.807) is 23.5 Å². The monoisotopic (exact) mass is 489 g/mol. The number of carbonyl (C=O) groups excluding carboxylic acids is 3.